The molecule has 1 aromatic heterocycles. The summed E-state index contributed by atoms with van der Waals surface area (Å²) in [4.78, 5) is 4.76. The van der Waals surface area contributed by atoms with Gasteiger partial charge in [-0.1, -0.05) is 38.7 Å². The Kier molecular flexibility index (Phi) is 5.84. The number of hydrogen-bond acceptors (Lipinski definition) is 2. The molecule has 0 fully saturated rings. The summed E-state index contributed by atoms with van der Waals surface area (Å²) in [6.45, 7) is 2.23. The smallest absolute Gasteiger partial charge is 0.406 e. The van der Waals surface area contributed by atoms with Gasteiger partial charge in [-0.25, -0.2) is 0 Å². The third kappa shape index (κ3) is 4.99. The van der Waals surface area contributed by atoms with Crippen LogP contribution in [0.2, 0.25) is 0 Å². The summed E-state index contributed by atoms with van der Waals surface area (Å²) >= 11 is 0. The van der Waals surface area contributed by atoms with Gasteiger partial charge in [0.05, 0.1) is 5.69 Å². The molecule has 140 valence electrons. The number of unbranched alkanes of at least 4 members (excludes halogenated alkanes) is 2. The van der Waals surface area contributed by atoms with Gasteiger partial charge in [-0.15, -0.1) is 13.2 Å². The number of nitrogens with zero attached hydrogens (tertiary/aromatic N) is 1. The van der Waals surface area contributed by atoms with Crippen molar-refractivity contribution in [3.8, 4) is 17.0 Å². The molecule has 2 nitrogen and oxygen atoms in total. The zero-order chi connectivity index (χ0) is 18.6. The van der Waals surface area contributed by atoms with E-state index in [9.17, 15) is 13.2 Å². The van der Waals surface area contributed by atoms with Crippen molar-refractivity contribution in [2.45, 2.75) is 58.2 Å². The minimum absolute atomic E-state index is 0.214. The molecule has 0 bridgehead atoms. The Bertz CT molecular complexity index is 725. The van der Waals surface area contributed by atoms with Crippen molar-refractivity contribution in [3.05, 3.63) is 47.7 Å². The van der Waals surface area contributed by atoms with Gasteiger partial charge in [0, 0.05) is 11.3 Å². The number of fused-ring (bicyclic) bond motifs is 1. The molecule has 5 heteroatoms. The van der Waals surface area contributed by atoms with Crippen LogP contribution in [0, 0.1) is 5.92 Å². The topological polar surface area (TPSA) is 22.1 Å². The van der Waals surface area contributed by atoms with E-state index in [0.717, 1.165) is 35.7 Å². The van der Waals surface area contributed by atoms with E-state index in [1.54, 1.807) is 12.1 Å². The lowest BCUT2D eigenvalue weighted by molar-refractivity contribution is -0.274. The van der Waals surface area contributed by atoms with E-state index in [-0.39, 0.29) is 5.75 Å². The Morgan fingerprint density at radius 2 is 1.85 bits per heavy atom. The number of benzene rings is 1. The first-order valence-corrected chi connectivity index (χ1v) is 9.29. The average molecular weight is 363 g/mol. The predicted octanol–water partition coefficient (Wildman–Crippen LogP) is 6.33. The second kappa shape index (κ2) is 8.11. The average Bonchev–Trinajstić information content (AvgIpc) is 2.61. The molecule has 3 rings (SSSR count). The summed E-state index contributed by atoms with van der Waals surface area (Å²) in [5, 5.41) is 0. The zero-order valence-corrected chi connectivity index (χ0v) is 15.0. The van der Waals surface area contributed by atoms with Gasteiger partial charge in [-0.05, 0) is 61.1 Å². The Morgan fingerprint density at radius 3 is 2.54 bits per heavy atom. The standard InChI is InChI=1S/C21H24F3NO/c1-2-3-4-5-15-6-12-20-17(14-15)9-13-19(25-20)16-7-10-18(11-8-16)26-21(22,23)24/h7-11,13,15H,2-6,12,14H2,1H3/t15-/m0/s1. The van der Waals surface area contributed by atoms with Crippen LogP contribution >= 0.6 is 0 Å². The molecule has 1 aliphatic carbocycles. The molecule has 0 N–H and O–H groups in total. The number of rotatable bonds is 6. The number of aromatic nitrogens is 1. The largest absolute Gasteiger partial charge is 0.573 e. The van der Waals surface area contributed by atoms with Crippen molar-refractivity contribution in [1.82, 2.24) is 4.98 Å². The fourth-order valence-corrected chi connectivity index (χ4v) is 3.60. The van der Waals surface area contributed by atoms with Crippen molar-refractivity contribution >= 4 is 0 Å². The number of aryl methyl sites for hydroxylation is 1. The van der Waals surface area contributed by atoms with Gasteiger partial charge in [-0.2, -0.15) is 0 Å². The van der Waals surface area contributed by atoms with Crippen LogP contribution in [0.4, 0.5) is 13.2 Å². The van der Waals surface area contributed by atoms with Crippen molar-refractivity contribution in [3.63, 3.8) is 0 Å². The van der Waals surface area contributed by atoms with Crippen molar-refractivity contribution in [1.29, 1.82) is 0 Å². The summed E-state index contributed by atoms with van der Waals surface area (Å²) in [5.74, 6) is 0.537. The Hall–Kier alpha value is -2.04. The van der Waals surface area contributed by atoms with E-state index in [2.05, 4.69) is 17.7 Å². The van der Waals surface area contributed by atoms with Crippen LogP contribution in [0.5, 0.6) is 5.75 Å². The highest BCUT2D eigenvalue weighted by atomic mass is 19.4. The van der Waals surface area contributed by atoms with Crippen molar-refractivity contribution in [2.75, 3.05) is 0 Å². The van der Waals surface area contributed by atoms with Crippen LogP contribution in [-0.2, 0) is 12.8 Å². The van der Waals surface area contributed by atoms with Crippen LogP contribution in [0.3, 0.4) is 0 Å². The fraction of sp³-hybridized carbons (Fsp3) is 0.476. The summed E-state index contributed by atoms with van der Waals surface area (Å²) in [6.07, 6.45) is 3.71. The molecule has 0 saturated carbocycles. The lowest BCUT2D eigenvalue weighted by atomic mass is 9.83. The van der Waals surface area contributed by atoms with E-state index in [4.69, 9.17) is 4.98 Å². The van der Waals surface area contributed by atoms with Crippen LogP contribution in [0.15, 0.2) is 36.4 Å². The number of ether oxygens (including phenoxy) is 1. The van der Waals surface area contributed by atoms with E-state index in [1.165, 1.54) is 49.8 Å². The maximum absolute atomic E-state index is 12.2. The summed E-state index contributed by atoms with van der Waals surface area (Å²) < 4.78 is 40.7. The number of pyridine rings is 1. The molecule has 0 saturated heterocycles. The Morgan fingerprint density at radius 1 is 1.08 bits per heavy atom. The summed E-state index contributed by atoms with van der Waals surface area (Å²) in [7, 11) is 0. The zero-order valence-electron chi connectivity index (χ0n) is 15.0. The van der Waals surface area contributed by atoms with Gasteiger partial charge in [0.25, 0.3) is 0 Å². The number of hydrogen-bond donors (Lipinski definition) is 0. The first-order chi connectivity index (χ1) is 12.4. The van der Waals surface area contributed by atoms with Crippen LogP contribution in [0.25, 0.3) is 11.3 Å². The van der Waals surface area contributed by atoms with Crippen LogP contribution < -0.4 is 4.74 Å². The highest BCUT2D eigenvalue weighted by Crippen LogP contribution is 2.31. The van der Waals surface area contributed by atoms with Gasteiger partial charge in [-0.3, -0.25) is 4.98 Å². The minimum atomic E-state index is -4.67. The van der Waals surface area contributed by atoms with Gasteiger partial charge >= 0.3 is 6.36 Å². The van der Waals surface area contributed by atoms with E-state index >= 15 is 0 Å². The third-order valence-electron chi connectivity index (χ3n) is 4.97. The van der Waals surface area contributed by atoms with Gasteiger partial charge in [0.2, 0.25) is 0 Å². The van der Waals surface area contributed by atoms with Crippen LogP contribution in [-0.4, -0.2) is 11.3 Å². The third-order valence-corrected chi connectivity index (χ3v) is 4.97. The highest BCUT2D eigenvalue weighted by Gasteiger charge is 2.31. The molecule has 0 aliphatic heterocycles. The molecule has 1 aromatic carbocycles. The second-order valence-corrected chi connectivity index (χ2v) is 6.98. The predicted molar refractivity (Wildman–Crippen MR) is 96.0 cm³/mol. The summed E-state index contributed by atoms with van der Waals surface area (Å²) in [6, 6.07) is 9.98. The normalized spacial score (nSPS) is 17.0. The molecule has 1 atom stereocenters. The summed E-state index contributed by atoms with van der Waals surface area (Å²) in [5.41, 5.74) is 4.04. The van der Waals surface area contributed by atoms with Gasteiger partial charge in [0.1, 0.15) is 5.75 Å². The SMILES string of the molecule is CCCCC[C@H]1CCc2nc(-c3ccc(OC(F)(F)F)cc3)ccc2C1. The highest BCUT2D eigenvalue weighted by molar-refractivity contribution is 5.60. The maximum atomic E-state index is 12.2. The second-order valence-electron chi connectivity index (χ2n) is 6.98. The molecular formula is C21H24F3NO. The van der Waals surface area contributed by atoms with E-state index in [1.807, 2.05) is 6.07 Å². The molecule has 26 heavy (non-hydrogen) atoms. The van der Waals surface area contributed by atoms with E-state index < -0.39 is 6.36 Å². The molecule has 0 radical (unpaired) electrons. The van der Waals surface area contributed by atoms with Gasteiger partial charge in [0.15, 0.2) is 0 Å². The fourth-order valence-electron chi connectivity index (χ4n) is 3.60. The lowest BCUT2D eigenvalue weighted by Gasteiger charge is -2.24. The van der Waals surface area contributed by atoms with Crippen molar-refractivity contribution < 1.29 is 17.9 Å². The Labute approximate surface area is 152 Å². The van der Waals surface area contributed by atoms with Gasteiger partial charge < -0.3 is 4.74 Å². The molecule has 2 aromatic rings. The minimum Gasteiger partial charge on any atom is -0.406 e. The first kappa shape index (κ1) is 18.7. The first-order valence-electron chi connectivity index (χ1n) is 9.29. The molecule has 0 amide bonds. The number of alkyl halides is 3. The molecule has 1 heterocycles. The van der Waals surface area contributed by atoms with Crippen LogP contribution in [0.1, 0.15) is 50.3 Å². The van der Waals surface area contributed by atoms with E-state index in [0.29, 0.717) is 0 Å². The molecule has 1 aliphatic rings. The maximum Gasteiger partial charge on any atom is 0.573 e. The monoisotopic (exact) mass is 363 g/mol. The van der Waals surface area contributed by atoms with Crippen molar-refractivity contribution in [2.24, 2.45) is 5.92 Å². The Balaban J connectivity index is 1.68. The quantitative estimate of drug-likeness (QED) is 0.559. The molecule has 0 unspecified atom stereocenters. The lowest BCUT2D eigenvalue weighted by Crippen LogP contribution is -2.17. The molecule has 0 spiro atoms. The number of halogens is 3. The molecular weight excluding hydrogens is 339 g/mol.